The zero-order chi connectivity index (χ0) is 24.3. The van der Waals surface area contributed by atoms with Crippen molar-refractivity contribution >= 4 is 11.9 Å². The van der Waals surface area contributed by atoms with Gasteiger partial charge in [0.05, 0.1) is 30.7 Å². The largest absolute Gasteiger partial charge is 0.496 e. The average molecular weight is 474 g/mol. The van der Waals surface area contributed by atoms with E-state index >= 15 is 0 Å². The summed E-state index contributed by atoms with van der Waals surface area (Å²) in [6, 6.07) is 3.71. The molecule has 1 atom stereocenters. The third-order valence-electron chi connectivity index (χ3n) is 6.78. The van der Waals surface area contributed by atoms with Crippen molar-refractivity contribution in [1.82, 2.24) is 15.1 Å². The Kier molecular flexibility index (Phi) is 7.21. The fourth-order valence-electron chi connectivity index (χ4n) is 4.80. The summed E-state index contributed by atoms with van der Waals surface area (Å²) < 4.78 is 31.5. The van der Waals surface area contributed by atoms with E-state index < -0.39 is 11.8 Å². The Labute approximate surface area is 198 Å². The average Bonchev–Trinajstić information content (AvgIpc) is 3.10. The molecule has 4 rings (SSSR count). The molecule has 184 valence electrons. The predicted molar refractivity (Wildman–Crippen MR) is 123 cm³/mol. The van der Waals surface area contributed by atoms with Crippen LogP contribution in [0.15, 0.2) is 18.2 Å². The molecule has 34 heavy (non-hydrogen) atoms. The van der Waals surface area contributed by atoms with Gasteiger partial charge < -0.3 is 19.5 Å². The van der Waals surface area contributed by atoms with Crippen molar-refractivity contribution in [2.75, 3.05) is 33.5 Å². The number of methoxy groups -OCH3 is 1. The summed E-state index contributed by atoms with van der Waals surface area (Å²) in [6.45, 7) is 6.65. The molecule has 2 aliphatic rings. The van der Waals surface area contributed by atoms with Crippen molar-refractivity contribution in [3.63, 3.8) is 0 Å². The first kappa shape index (κ1) is 24.2. The van der Waals surface area contributed by atoms with E-state index in [-0.39, 0.29) is 35.2 Å². The summed E-state index contributed by atoms with van der Waals surface area (Å²) in [5.41, 5.74) is 2.57. The highest BCUT2D eigenvalue weighted by atomic mass is 19.1. The van der Waals surface area contributed by atoms with Crippen LogP contribution in [-0.2, 0) is 28.9 Å². The first-order valence-corrected chi connectivity index (χ1v) is 11.8. The van der Waals surface area contributed by atoms with E-state index in [1.807, 2.05) is 18.5 Å². The number of aromatic nitrogens is 2. The highest BCUT2D eigenvalue weighted by Gasteiger charge is 2.39. The number of benzene rings is 1. The van der Waals surface area contributed by atoms with Crippen molar-refractivity contribution < 1.29 is 28.2 Å². The minimum Gasteiger partial charge on any atom is -0.496 e. The molecule has 0 bridgehead atoms. The number of hydrogen-bond acceptors (Lipinski definition) is 6. The molecule has 1 N–H and O–H groups in total. The molecule has 0 aliphatic carbocycles. The van der Waals surface area contributed by atoms with Crippen LogP contribution in [0.5, 0.6) is 5.75 Å². The predicted octanol–water partition coefficient (Wildman–Crippen LogP) is 3.17. The van der Waals surface area contributed by atoms with Crippen LogP contribution in [0.3, 0.4) is 0 Å². The first-order chi connectivity index (χ1) is 16.4. The van der Waals surface area contributed by atoms with Crippen LogP contribution in [0.1, 0.15) is 58.8 Å². The van der Waals surface area contributed by atoms with Crippen LogP contribution < -0.4 is 10.1 Å². The number of fused-ring (bicyclic) bond motifs is 1. The Balaban J connectivity index is 1.50. The van der Waals surface area contributed by atoms with Gasteiger partial charge in [0.25, 0.3) is 5.91 Å². The quantitative estimate of drug-likeness (QED) is 0.621. The molecule has 1 saturated heterocycles. The van der Waals surface area contributed by atoms with E-state index in [9.17, 15) is 14.0 Å². The number of nitrogens with one attached hydrogen (secondary N) is 1. The monoisotopic (exact) mass is 473 g/mol. The number of esters is 1. The molecular formula is C25H32FN3O5. The second-order valence-corrected chi connectivity index (χ2v) is 9.32. The van der Waals surface area contributed by atoms with Crippen LogP contribution in [0.2, 0.25) is 0 Å². The Morgan fingerprint density at radius 1 is 1.35 bits per heavy atom. The molecule has 1 aromatic heterocycles. The molecule has 0 radical (unpaired) electrons. The van der Waals surface area contributed by atoms with Gasteiger partial charge >= 0.3 is 5.97 Å². The molecule has 3 heterocycles. The number of ether oxygens (including phenoxy) is 3. The smallest absolute Gasteiger partial charge is 0.341 e. The van der Waals surface area contributed by atoms with Crippen molar-refractivity contribution in [2.45, 2.75) is 46.1 Å². The highest BCUT2D eigenvalue weighted by molar-refractivity contribution is 5.97. The van der Waals surface area contributed by atoms with Gasteiger partial charge in [0, 0.05) is 38.3 Å². The van der Waals surface area contributed by atoms with Gasteiger partial charge in [-0.25, -0.2) is 9.18 Å². The summed E-state index contributed by atoms with van der Waals surface area (Å²) in [5.74, 6) is -1.04. The second kappa shape index (κ2) is 10.1. The molecule has 2 aliphatic heterocycles. The number of rotatable bonds is 7. The second-order valence-electron chi connectivity index (χ2n) is 9.32. The zero-order valence-corrected chi connectivity index (χ0v) is 20.0. The molecule has 2 aromatic rings. The molecule has 0 saturated carbocycles. The van der Waals surface area contributed by atoms with Crippen LogP contribution >= 0.6 is 0 Å². The number of carbonyl (C=O) groups excluding carboxylic acids is 2. The fourth-order valence-corrected chi connectivity index (χ4v) is 4.80. The fraction of sp³-hybridized carbons (Fsp3) is 0.560. The van der Waals surface area contributed by atoms with E-state index in [1.165, 1.54) is 19.2 Å². The minimum atomic E-state index is -0.572. The van der Waals surface area contributed by atoms with E-state index in [1.54, 1.807) is 0 Å². The Hall–Kier alpha value is -2.94. The third kappa shape index (κ3) is 4.94. The third-order valence-corrected chi connectivity index (χ3v) is 6.78. The summed E-state index contributed by atoms with van der Waals surface area (Å²) in [7, 11) is 1.38. The first-order valence-electron chi connectivity index (χ1n) is 11.8. The van der Waals surface area contributed by atoms with Gasteiger partial charge in [-0.3, -0.25) is 9.48 Å². The van der Waals surface area contributed by atoms with Gasteiger partial charge in [-0.1, -0.05) is 13.8 Å². The number of hydrogen-bond donors (Lipinski definition) is 1. The molecule has 1 amide bonds. The van der Waals surface area contributed by atoms with E-state index in [0.717, 1.165) is 36.7 Å². The Bertz CT molecular complexity index is 1060. The molecule has 0 unspecified atom stereocenters. The van der Waals surface area contributed by atoms with Crippen molar-refractivity contribution in [3.05, 3.63) is 46.5 Å². The van der Waals surface area contributed by atoms with E-state index in [4.69, 9.17) is 19.3 Å². The van der Waals surface area contributed by atoms with Crippen molar-refractivity contribution in [1.29, 1.82) is 0 Å². The molecule has 1 fully saturated rings. The van der Waals surface area contributed by atoms with Crippen LogP contribution in [-0.4, -0.2) is 55.1 Å². The highest BCUT2D eigenvalue weighted by Crippen LogP contribution is 2.37. The van der Waals surface area contributed by atoms with Crippen LogP contribution in [0.25, 0.3) is 0 Å². The molecule has 1 spiro atoms. The maximum atomic E-state index is 13.4. The van der Waals surface area contributed by atoms with Crippen LogP contribution in [0, 0.1) is 17.2 Å². The number of aryl methyl sites for hydroxylation is 1. The van der Waals surface area contributed by atoms with E-state index in [2.05, 4.69) is 5.32 Å². The van der Waals surface area contributed by atoms with Gasteiger partial charge in [-0.05, 0) is 43.2 Å². The van der Waals surface area contributed by atoms with Crippen molar-refractivity contribution in [3.8, 4) is 5.75 Å². The van der Waals surface area contributed by atoms with Gasteiger partial charge in [0.2, 0.25) is 0 Å². The van der Waals surface area contributed by atoms with Gasteiger partial charge in [0.15, 0.2) is 0 Å². The molecular weight excluding hydrogens is 441 g/mol. The Morgan fingerprint density at radius 2 is 2.12 bits per heavy atom. The van der Waals surface area contributed by atoms with Crippen molar-refractivity contribution in [2.24, 2.45) is 11.3 Å². The number of amides is 1. The zero-order valence-electron chi connectivity index (χ0n) is 20.0. The summed E-state index contributed by atoms with van der Waals surface area (Å²) in [6.07, 6.45) is 3.21. The molecule has 1 aromatic carbocycles. The SMILES string of the molecule is CCc1nn(C[C@@H](C)COC(=O)c2ccc(F)cc2OC)c2c1C(=O)NCC1(CCOCC1)C2. The topological polar surface area (TPSA) is 91.7 Å². The lowest BCUT2D eigenvalue weighted by atomic mass is 9.76. The number of nitrogens with zero attached hydrogens (tertiary/aromatic N) is 2. The number of carbonyl (C=O) groups is 2. The Morgan fingerprint density at radius 3 is 2.82 bits per heavy atom. The normalized spacial score (nSPS) is 18.1. The molecule has 9 heteroatoms. The number of halogens is 1. The summed E-state index contributed by atoms with van der Waals surface area (Å²) >= 11 is 0. The summed E-state index contributed by atoms with van der Waals surface area (Å²) in [4.78, 5) is 25.5. The van der Waals surface area contributed by atoms with E-state index in [0.29, 0.717) is 38.3 Å². The molecule has 8 nitrogen and oxygen atoms in total. The standard InChI is InChI=1S/C25H32FN3O5/c1-4-19-22-20(12-25(15-27-23(22)30)7-9-33-10-8-25)29(28-19)13-16(2)14-34-24(31)18-6-5-17(26)11-21(18)32-3/h5-6,11,16H,4,7-10,12-15H2,1-3H3,(H,27,30)/t16-/m1/s1. The lowest BCUT2D eigenvalue weighted by Gasteiger charge is -2.36. The maximum Gasteiger partial charge on any atom is 0.341 e. The maximum absolute atomic E-state index is 13.4. The lowest BCUT2D eigenvalue weighted by Crippen LogP contribution is -2.41. The lowest BCUT2D eigenvalue weighted by molar-refractivity contribution is 0.0151. The van der Waals surface area contributed by atoms with Gasteiger partial charge in [0.1, 0.15) is 17.1 Å². The summed E-state index contributed by atoms with van der Waals surface area (Å²) in [5, 5.41) is 7.89. The van der Waals surface area contributed by atoms with Gasteiger partial charge in [-0.15, -0.1) is 0 Å². The van der Waals surface area contributed by atoms with Crippen LogP contribution in [0.4, 0.5) is 4.39 Å². The minimum absolute atomic E-state index is 0.0310. The van der Waals surface area contributed by atoms with Gasteiger partial charge in [-0.2, -0.15) is 5.10 Å².